The molecule has 0 fully saturated rings. The van der Waals surface area contributed by atoms with E-state index in [9.17, 15) is 13.2 Å². The molecule has 0 saturated heterocycles. The molecular weight excluding hydrogens is 406 g/mol. The third-order valence-electron chi connectivity index (χ3n) is 5.46. The van der Waals surface area contributed by atoms with Gasteiger partial charge in [-0.3, -0.25) is 14.0 Å². The van der Waals surface area contributed by atoms with Crippen molar-refractivity contribution in [3.63, 3.8) is 0 Å². The summed E-state index contributed by atoms with van der Waals surface area (Å²) in [6, 6.07) is 5.12. The van der Waals surface area contributed by atoms with Crippen LogP contribution in [-0.2, 0) is 29.3 Å². The van der Waals surface area contributed by atoms with Crippen molar-refractivity contribution in [3.05, 3.63) is 52.6 Å². The van der Waals surface area contributed by atoms with E-state index in [2.05, 4.69) is 6.58 Å². The molecule has 0 bridgehead atoms. The van der Waals surface area contributed by atoms with Crippen LogP contribution in [0.5, 0.6) is 0 Å². The van der Waals surface area contributed by atoms with E-state index in [0.29, 0.717) is 29.3 Å². The van der Waals surface area contributed by atoms with Crippen molar-refractivity contribution in [3.8, 4) is 0 Å². The zero-order chi connectivity index (χ0) is 20.8. The number of carbonyl (C=O) groups excluding carboxylic acids is 1. The molecule has 1 aromatic carbocycles. The zero-order valence-corrected chi connectivity index (χ0v) is 18.4. The molecule has 1 amide bonds. The highest BCUT2D eigenvalue weighted by Gasteiger charge is 2.33. The largest absolute Gasteiger partial charge is 0.280 e. The molecule has 0 radical (unpaired) electrons. The average molecular weight is 432 g/mol. The molecule has 29 heavy (non-hydrogen) atoms. The molecule has 4 rings (SSSR count). The first-order chi connectivity index (χ1) is 13.8. The van der Waals surface area contributed by atoms with Crippen LogP contribution in [0.4, 0.5) is 10.8 Å². The minimum atomic E-state index is -3.35. The van der Waals surface area contributed by atoms with Crippen LogP contribution in [0.15, 0.2) is 30.9 Å². The SMILES string of the molecule is C=CCN(C(=O)c1ccc2c(c1)C[C@@H](C)N2S(C)(=O)=O)c1nc2c(s1)CCCC2. The standard InChI is InChI=1S/C21H25N3O3S2/c1-4-11-23(21-22-17-7-5-6-8-19(17)28-21)20(25)15-9-10-18-16(13-15)12-14(2)24(18)29(3,26)27/h4,9-10,13-14H,1,5-8,11-12H2,2-3H3/t14-/m1/s1. The summed E-state index contributed by atoms with van der Waals surface area (Å²) in [5.41, 5.74) is 3.20. The number of anilines is 2. The van der Waals surface area contributed by atoms with Crippen molar-refractivity contribution in [1.82, 2.24) is 4.98 Å². The third-order valence-corrected chi connectivity index (χ3v) is 7.91. The second-order valence-corrected chi connectivity index (χ2v) is 10.7. The summed E-state index contributed by atoms with van der Waals surface area (Å²) in [5, 5.41) is 0.716. The van der Waals surface area contributed by atoms with Crippen LogP contribution in [0.2, 0.25) is 0 Å². The fraction of sp³-hybridized carbons (Fsp3) is 0.429. The summed E-state index contributed by atoms with van der Waals surface area (Å²) in [6.45, 7) is 6.06. The third kappa shape index (κ3) is 3.71. The van der Waals surface area contributed by atoms with Gasteiger partial charge in [0.1, 0.15) is 0 Å². The lowest BCUT2D eigenvalue weighted by molar-refractivity contribution is 0.0989. The number of nitrogens with zero attached hydrogens (tertiary/aromatic N) is 3. The number of hydrogen-bond acceptors (Lipinski definition) is 5. The monoisotopic (exact) mass is 431 g/mol. The molecule has 154 valence electrons. The van der Waals surface area contributed by atoms with Gasteiger partial charge in [0.2, 0.25) is 10.0 Å². The van der Waals surface area contributed by atoms with Crippen LogP contribution in [0.1, 0.15) is 46.3 Å². The first kappa shape index (κ1) is 20.1. The lowest BCUT2D eigenvalue weighted by atomic mass is 10.0. The normalized spacial score (nSPS) is 18.3. The fourth-order valence-corrected chi connectivity index (χ4v) is 6.65. The summed E-state index contributed by atoms with van der Waals surface area (Å²) >= 11 is 1.59. The van der Waals surface area contributed by atoms with Crippen LogP contribution >= 0.6 is 11.3 Å². The van der Waals surface area contributed by atoms with Crippen LogP contribution in [0.25, 0.3) is 0 Å². The van der Waals surface area contributed by atoms with Crippen LogP contribution < -0.4 is 9.21 Å². The molecular formula is C21H25N3O3S2. The lowest BCUT2D eigenvalue weighted by Gasteiger charge is -2.22. The van der Waals surface area contributed by atoms with Gasteiger partial charge in [0.15, 0.2) is 5.13 Å². The Morgan fingerprint density at radius 2 is 2.14 bits per heavy atom. The first-order valence-corrected chi connectivity index (χ1v) is 12.5. The smallest absolute Gasteiger partial charge is 0.260 e. The van der Waals surface area contributed by atoms with E-state index in [0.717, 1.165) is 30.5 Å². The molecule has 1 aliphatic carbocycles. The highest BCUT2D eigenvalue weighted by Crippen LogP contribution is 2.36. The van der Waals surface area contributed by atoms with E-state index >= 15 is 0 Å². The van der Waals surface area contributed by atoms with Gasteiger partial charge < -0.3 is 0 Å². The second kappa shape index (κ2) is 7.57. The van der Waals surface area contributed by atoms with Crippen molar-refractivity contribution in [2.75, 3.05) is 22.0 Å². The number of carbonyl (C=O) groups is 1. The molecule has 0 spiro atoms. The predicted octanol–water partition coefficient (Wildman–Crippen LogP) is 3.57. The number of benzene rings is 1. The number of rotatable bonds is 5. The fourth-order valence-electron chi connectivity index (χ4n) is 4.23. The number of fused-ring (bicyclic) bond motifs is 2. The number of sulfonamides is 1. The second-order valence-electron chi connectivity index (χ2n) is 7.73. The number of aromatic nitrogens is 1. The van der Waals surface area contributed by atoms with E-state index in [1.807, 2.05) is 13.0 Å². The molecule has 0 unspecified atom stereocenters. The van der Waals surface area contributed by atoms with Gasteiger partial charge in [0, 0.05) is 23.0 Å². The van der Waals surface area contributed by atoms with E-state index in [1.165, 1.54) is 21.9 Å². The summed E-state index contributed by atoms with van der Waals surface area (Å²) in [6.07, 6.45) is 7.83. The Labute approximate surface area is 175 Å². The molecule has 0 saturated carbocycles. The van der Waals surface area contributed by atoms with Gasteiger partial charge in [-0.25, -0.2) is 13.4 Å². The van der Waals surface area contributed by atoms with Gasteiger partial charge in [-0.1, -0.05) is 6.08 Å². The van der Waals surface area contributed by atoms with Crippen molar-refractivity contribution >= 4 is 38.1 Å². The molecule has 2 aromatic rings. The maximum Gasteiger partial charge on any atom is 0.260 e. The average Bonchev–Trinajstić information content (AvgIpc) is 3.24. The Morgan fingerprint density at radius 1 is 1.38 bits per heavy atom. The molecule has 8 heteroatoms. The molecule has 1 atom stereocenters. The summed E-state index contributed by atoms with van der Waals surface area (Å²) in [7, 11) is -3.35. The number of thiazole rings is 1. The Morgan fingerprint density at radius 3 is 2.83 bits per heavy atom. The van der Waals surface area contributed by atoms with Gasteiger partial charge in [-0.05, 0) is 62.8 Å². The zero-order valence-electron chi connectivity index (χ0n) is 16.7. The molecule has 0 N–H and O–H groups in total. The molecule has 1 aromatic heterocycles. The Balaban J connectivity index is 1.67. The van der Waals surface area contributed by atoms with E-state index in [4.69, 9.17) is 4.98 Å². The Hall–Kier alpha value is -2.19. The van der Waals surface area contributed by atoms with Crippen molar-refractivity contribution in [2.24, 2.45) is 0 Å². The minimum absolute atomic E-state index is 0.135. The maximum absolute atomic E-state index is 13.3. The number of aryl methyl sites for hydroxylation is 2. The van der Waals surface area contributed by atoms with E-state index < -0.39 is 10.0 Å². The highest BCUT2D eigenvalue weighted by atomic mass is 32.2. The quantitative estimate of drug-likeness (QED) is 0.679. The molecule has 1 aliphatic heterocycles. The topological polar surface area (TPSA) is 70.6 Å². The maximum atomic E-state index is 13.3. The summed E-state index contributed by atoms with van der Waals surface area (Å²) in [5.74, 6) is -0.135. The number of hydrogen-bond donors (Lipinski definition) is 0. The number of amides is 1. The lowest BCUT2D eigenvalue weighted by Crippen LogP contribution is -2.34. The molecule has 6 nitrogen and oxygen atoms in total. The Bertz CT molecular complexity index is 1050. The van der Waals surface area contributed by atoms with Gasteiger partial charge >= 0.3 is 0 Å². The molecule has 2 heterocycles. The van der Waals surface area contributed by atoms with Crippen molar-refractivity contribution in [2.45, 2.75) is 45.1 Å². The summed E-state index contributed by atoms with van der Waals surface area (Å²) in [4.78, 5) is 21.0. The van der Waals surface area contributed by atoms with Crippen LogP contribution in [0, 0.1) is 0 Å². The molecule has 2 aliphatic rings. The Kier molecular flexibility index (Phi) is 5.25. The van der Waals surface area contributed by atoms with Crippen molar-refractivity contribution in [1.29, 1.82) is 0 Å². The van der Waals surface area contributed by atoms with Gasteiger partial charge in [-0.2, -0.15) is 0 Å². The predicted molar refractivity (Wildman–Crippen MR) is 118 cm³/mol. The van der Waals surface area contributed by atoms with E-state index in [-0.39, 0.29) is 11.9 Å². The van der Waals surface area contributed by atoms with Crippen LogP contribution in [-0.4, -0.2) is 38.2 Å². The van der Waals surface area contributed by atoms with Gasteiger partial charge in [-0.15, -0.1) is 17.9 Å². The van der Waals surface area contributed by atoms with E-state index in [1.54, 1.807) is 34.4 Å². The summed E-state index contributed by atoms with van der Waals surface area (Å²) < 4.78 is 25.7. The highest BCUT2D eigenvalue weighted by molar-refractivity contribution is 7.92. The van der Waals surface area contributed by atoms with Crippen LogP contribution in [0.3, 0.4) is 0 Å². The van der Waals surface area contributed by atoms with Crippen molar-refractivity contribution < 1.29 is 13.2 Å². The first-order valence-electron chi connectivity index (χ1n) is 9.83. The van der Waals surface area contributed by atoms with Gasteiger partial charge in [0.05, 0.1) is 17.6 Å². The van der Waals surface area contributed by atoms with Gasteiger partial charge in [0.25, 0.3) is 5.91 Å². The minimum Gasteiger partial charge on any atom is -0.280 e.